The monoisotopic (exact) mass is 294 g/mol. The maximum absolute atomic E-state index is 12.1. The predicted molar refractivity (Wildman–Crippen MR) is 82.8 cm³/mol. The van der Waals surface area contributed by atoms with Crippen LogP contribution in [-0.4, -0.2) is 30.4 Å². The molecule has 1 aliphatic heterocycles. The van der Waals surface area contributed by atoms with Gasteiger partial charge >= 0.3 is 0 Å². The van der Waals surface area contributed by atoms with Gasteiger partial charge in [-0.1, -0.05) is 36.7 Å². The Balaban J connectivity index is 1.68. The first kappa shape index (κ1) is 15.3. The summed E-state index contributed by atoms with van der Waals surface area (Å²) in [6, 6.07) is 7.79. The van der Waals surface area contributed by atoms with Gasteiger partial charge in [0, 0.05) is 37.6 Å². The van der Waals surface area contributed by atoms with E-state index in [4.69, 9.17) is 11.6 Å². The Morgan fingerprint density at radius 1 is 1.45 bits per heavy atom. The second-order valence-corrected chi connectivity index (χ2v) is 6.01. The van der Waals surface area contributed by atoms with E-state index in [2.05, 4.69) is 12.2 Å². The average molecular weight is 295 g/mol. The van der Waals surface area contributed by atoms with Crippen LogP contribution in [0.25, 0.3) is 0 Å². The van der Waals surface area contributed by atoms with E-state index in [1.807, 2.05) is 29.2 Å². The lowest BCUT2D eigenvalue weighted by atomic mass is 10.00. The fourth-order valence-electron chi connectivity index (χ4n) is 2.63. The lowest BCUT2D eigenvalue weighted by Gasteiger charge is -2.31. The molecule has 0 aromatic heterocycles. The zero-order chi connectivity index (χ0) is 14.4. The SMILES string of the molecule is CC1CCCN(C(=O)CCNCc2ccccc2Cl)C1. The summed E-state index contributed by atoms with van der Waals surface area (Å²) >= 11 is 6.09. The molecule has 110 valence electrons. The topological polar surface area (TPSA) is 32.3 Å². The molecule has 0 aliphatic carbocycles. The van der Waals surface area contributed by atoms with Crippen LogP contribution < -0.4 is 5.32 Å². The summed E-state index contributed by atoms with van der Waals surface area (Å²) in [5.74, 6) is 0.909. The van der Waals surface area contributed by atoms with E-state index in [9.17, 15) is 4.79 Å². The molecule has 1 heterocycles. The quantitative estimate of drug-likeness (QED) is 0.847. The molecule has 1 amide bonds. The van der Waals surface area contributed by atoms with Crippen LogP contribution in [0.3, 0.4) is 0 Å². The Kier molecular flexibility index (Phi) is 5.86. The standard InChI is InChI=1S/C16H23ClN2O/c1-13-5-4-10-19(12-13)16(20)8-9-18-11-14-6-2-3-7-15(14)17/h2-3,6-7,13,18H,4-5,8-12H2,1H3. The van der Waals surface area contributed by atoms with Crippen molar-refractivity contribution in [2.75, 3.05) is 19.6 Å². The number of carbonyl (C=O) groups excluding carboxylic acids is 1. The lowest BCUT2D eigenvalue weighted by Crippen LogP contribution is -2.40. The average Bonchev–Trinajstić information content (AvgIpc) is 2.45. The molecule has 0 saturated carbocycles. The molecule has 1 aliphatic rings. The maximum atomic E-state index is 12.1. The van der Waals surface area contributed by atoms with Gasteiger partial charge in [-0.15, -0.1) is 0 Å². The van der Waals surface area contributed by atoms with Crippen molar-refractivity contribution in [1.82, 2.24) is 10.2 Å². The molecule has 1 aromatic rings. The second-order valence-electron chi connectivity index (χ2n) is 5.61. The number of nitrogens with zero attached hydrogens (tertiary/aromatic N) is 1. The summed E-state index contributed by atoms with van der Waals surface area (Å²) in [5, 5.41) is 4.07. The summed E-state index contributed by atoms with van der Waals surface area (Å²) in [7, 11) is 0. The van der Waals surface area contributed by atoms with Crippen molar-refractivity contribution >= 4 is 17.5 Å². The number of hydrogen-bond acceptors (Lipinski definition) is 2. The fourth-order valence-corrected chi connectivity index (χ4v) is 2.84. The molecular formula is C16H23ClN2O. The number of rotatable bonds is 5. The number of piperidine rings is 1. The van der Waals surface area contributed by atoms with Gasteiger partial charge in [0.15, 0.2) is 0 Å². The molecule has 1 fully saturated rings. The molecule has 0 radical (unpaired) electrons. The number of amides is 1. The third-order valence-electron chi connectivity index (χ3n) is 3.80. The second kappa shape index (κ2) is 7.65. The molecule has 1 N–H and O–H groups in total. The van der Waals surface area contributed by atoms with Crippen molar-refractivity contribution in [1.29, 1.82) is 0 Å². The van der Waals surface area contributed by atoms with E-state index in [-0.39, 0.29) is 5.91 Å². The van der Waals surface area contributed by atoms with E-state index >= 15 is 0 Å². The zero-order valence-corrected chi connectivity index (χ0v) is 12.8. The number of likely N-dealkylation sites (tertiary alicyclic amines) is 1. The number of benzene rings is 1. The first-order valence-corrected chi connectivity index (χ1v) is 7.76. The minimum atomic E-state index is 0.267. The summed E-state index contributed by atoms with van der Waals surface area (Å²) in [5.41, 5.74) is 1.08. The molecule has 1 aromatic carbocycles. The minimum absolute atomic E-state index is 0.267. The van der Waals surface area contributed by atoms with Crippen molar-refractivity contribution in [3.05, 3.63) is 34.9 Å². The van der Waals surface area contributed by atoms with Gasteiger partial charge in [0.25, 0.3) is 0 Å². The first-order valence-electron chi connectivity index (χ1n) is 7.38. The smallest absolute Gasteiger partial charge is 0.223 e. The van der Waals surface area contributed by atoms with Crippen LogP contribution >= 0.6 is 11.6 Å². The van der Waals surface area contributed by atoms with Crippen molar-refractivity contribution in [2.45, 2.75) is 32.7 Å². The van der Waals surface area contributed by atoms with Gasteiger partial charge in [-0.05, 0) is 30.4 Å². The molecule has 3 nitrogen and oxygen atoms in total. The molecule has 0 bridgehead atoms. The largest absolute Gasteiger partial charge is 0.342 e. The van der Waals surface area contributed by atoms with Crippen LogP contribution in [0, 0.1) is 5.92 Å². The van der Waals surface area contributed by atoms with Gasteiger partial charge in [-0.25, -0.2) is 0 Å². The van der Waals surface area contributed by atoms with Crippen LogP contribution in [0.15, 0.2) is 24.3 Å². The molecule has 4 heteroatoms. The molecule has 1 unspecified atom stereocenters. The summed E-state index contributed by atoms with van der Waals surface area (Å²) in [6.45, 7) is 5.48. The fraction of sp³-hybridized carbons (Fsp3) is 0.562. The van der Waals surface area contributed by atoms with Gasteiger partial charge in [0.05, 0.1) is 0 Å². The van der Waals surface area contributed by atoms with E-state index in [0.29, 0.717) is 25.4 Å². The van der Waals surface area contributed by atoms with Crippen LogP contribution in [0.5, 0.6) is 0 Å². The lowest BCUT2D eigenvalue weighted by molar-refractivity contribution is -0.132. The molecule has 2 rings (SSSR count). The maximum Gasteiger partial charge on any atom is 0.223 e. The van der Waals surface area contributed by atoms with E-state index in [1.165, 1.54) is 6.42 Å². The Hall–Kier alpha value is -1.06. The Morgan fingerprint density at radius 3 is 3.00 bits per heavy atom. The van der Waals surface area contributed by atoms with Crippen molar-refractivity contribution in [2.24, 2.45) is 5.92 Å². The highest BCUT2D eigenvalue weighted by Crippen LogP contribution is 2.16. The molecular weight excluding hydrogens is 272 g/mol. The van der Waals surface area contributed by atoms with Gasteiger partial charge in [0.2, 0.25) is 5.91 Å². The van der Waals surface area contributed by atoms with Gasteiger partial charge in [-0.2, -0.15) is 0 Å². The van der Waals surface area contributed by atoms with Crippen molar-refractivity contribution in [3.63, 3.8) is 0 Å². The summed E-state index contributed by atoms with van der Waals surface area (Å²) in [6.07, 6.45) is 2.95. The number of hydrogen-bond donors (Lipinski definition) is 1. The Labute approximate surface area is 126 Å². The van der Waals surface area contributed by atoms with Gasteiger partial charge in [-0.3, -0.25) is 4.79 Å². The minimum Gasteiger partial charge on any atom is -0.342 e. The Bertz CT molecular complexity index is 450. The van der Waals surface area contributed by atoms with Crippen LogP contribution in [0.2, 0.25) is 5.02 Å². The number of nitrogens with one attached hydrogen (secondary N) is 1. The predicted octanol–water partition coefficient (Wildman–Crippen LogP) is 3.08. The van der Waals surface area contributed by atoms with E-state index < -0.39 is 0 Å². The normalized spacial score (nSPS) is 19.1. The zero-order valence-electron chi connectivity index (χ0n) is 12.1. The third kappa shape index (κ3) is 4.50. The third-order valence-corrected chi connectivity index (χ3v) is 4.17. The van der Waals surface area contributed by atoms with Gasteiger partial charge < -0.3 is 10.2 Å². The van der Waals surface area contributed by atoms with E-state index in [1.54, 1.807) is 0 Å². The highest BCUT2D eigenvalue weighted by molar-refractivity contribution is 6.31. The molecule has 1 saturated heterocycles. The van der Waals surface area contributed by atoms with Crippen LogP contribution in [-0.2, 0) is 11.3 Å². The van der Waals surface area contributed by atoms with Gasteiger partial charge in [0.1, 0.15) is 0 Å². The first-order chi connectivity index (χ1) is 9.66. The Morgan fingerprint density at radius 2 is 2.25 bits per heavy atom. The molecule has 20 heavy (non-hydrogen) atoms. The number of carbonyl (C=O) groups is 1. The van der Waals surface area contributed by atoms with Crippen LogP contribution in [0.4, 0.5) is 0 Å². The van der Waals surface area contributed by atoms with E-state index in [0.717, 1.165) is 30.1 Å². The molecule has 0 spiro atoms. The highest BCUT2D eigenvalue weighted by Gasteiger charge is 2.20. The molecule has 1 atom stereocenters. The van der Waals surface area contributed by atoms with Crippen LogP contribution in [0.1, 0.15) is 31.7 Å². The summed E-state index contributed by atoms with van der Waals surface area (Å²) < 4.78 is 0. The summed E-state index contributed by atoms with van der Waals surface area (Å²) in [4.78, 5) is 14.1. The number of halogens is 1. The van der Waals surface area contributed by atoms with Crippen molar-refractivity contribution in [3.8, 4) is 0 Å². The highest BCUT2D eigenvalue weighted by atomic mass is 35.5. The van der Waals surface area contributed by atoms with Crippen molar-refractivity contribution < 1.29 is 4.79 Å².